The van der Waals surface area contributed by atoms with E-state index >= 15 is 0 Å². The molecule has 0 bridgehead atoms. The predicted octanol–water partition coefficient (Wildman–Crippen LogP) is 3.55. The molecular formula is C9H7Cl3N2O. The van der Waals surface area contributed by atoms with E-state index in [4.69, 9.17) is 34.8 Å². The summed E-state index contributed by atoms with van der Waals surface area (Å²) in [5.41, 5.74) is 3.09. The Morgan fingerprint density at radius 1 is 1.40 bits per heavy atom. The second kappa shape index (κ2) is 5.35. The van der Waals surface area contributed by atoms with Gasteiger partial charge in [-0.25, -0.2) is 0 Å². The number of carbonyl (C=O) groups is 1. The van der Waals surface area contributed by atoms with Crippen LogP contribution in [0.3, 0.4) is 0 Å². The van der Waals surface area contributed by atoms with Gasteiger partial charge < -0.3 is 0 Å². The van der Waals surface area contributed by atoms with Crippen molar-refractivity contribution < 1.29 is 4.79 Å². The van der Waals surface area contributed by atoms with Crippen LogP contribution in [0.15, 0.2) is 23.3 Å². The Labute approximate surface area is 102 Å². The van der Waals surface area contributed by atoms with Crippen molar-refractivity contribution in [2.45, 2.75) is 6.92 Å². The van der Waals surface area contributed by atoms with Gasteiger partial charge in [0, 0.05) is 11.9 Å². The summed E-state index contributed by atoms with van der Waals surface area (Å²) in [6.45, 7) is 1.32. The van der Waals surface area contributed by atoms with Crippen molar-refractivity contribution in [3.8, 4) is 0 Å². The molecule has 0 aliphatic heterocycles. The zero-order valence-electron chi connectivity index (χ0n) is 7.72. The molecule has 3 nitrogen and oxygen atoms in total. The second-order valence-electron chi connectivity index (χ2n) is 2.69. The molecule has 0 fully saturated rings. The summed E-state index contributed by atoms with van der Waals surface area (Å²) < 4.78 is 0. The van der Waals surface area contributed by atoms with E-state index in [9.17, 15) is 4.79 Å². The molecule has 0 aliphatic rings. The van der Waals surface area contributed by atoms with Gasteiger partial charge in [-0.15, -0.1) is 0 Å². The summed E-state index contributed by atoms with van der Waals surface area (Å²) in [6, 6.07) is 4.84. The largest absolute Gasteiger partial charge is 0.292 e. The number of nitrogens with zero attached hydrogens (tertiary/aromatic N) is 1. The van der Waals surface area contributed by atoms with Crippen LogP contribution in [-0.2, 0) is 4.79 Å². The van der Waals surface area contributed by atoms with Gasteiger partial charge in [0.1, 0.15) is 0 Å². The van der Waals surface area contributed by atoms with Crippen LogP contribution in [0.2, 0.25) is 10.0 Å². The highest BCUT2D eigenvalue weighted by molar-refractivity contribution is 6.82. The predicted molar refractivity (Wildman–Crippen MR) is 64.1 cm³/mol. The van der Waals surface area contributed by atoms with Gasteiger partial charge in [0.25, 0.3) is 0 Å². The molecule has 0 radical (unpaired) electrons. The summed E-state index contributed by atoms with van der Waals surface area (Å²) in [5, 5.41) is 4.42. The lowest BCUT2D eigenvalue weighted by Gasteiger charge is -2.03. The number of rotatable bonds is 3. The van der Waals surface area contributed by atoms with Gasteiger partial charge >= 0.3 is 0 Å². The molecular weight excluding hydrogens is 258 g/mol. The number of hydrogen-bond acceptors (Lipinski definition) is 3. The van der Waals surface area contributed by atoms with Crippen LogP contribution in [-0.4, -0.2) is 11.0 Å². The van der Waals surface area contributed by atoms with Crippen LogP contribution in [0, 0.1) is 0 Å². The van der Waals surface area contributed by atoms with E-state index in [1.54, 1.807) is 18.2 Å². The quantitative estimate of drug-likeness (QED) is 0.671. The molecule has 0 aromatic heterocycles. The SMILES string of the molecule is CC(=O)/C(Cl)=N/Nc1ccc(Cl)cc1Cl. The molecule has 0 saturated heterocycles. The smallest absolute Gasteiger partial charge is 0.191 e. The van der Waals surface area contributed by atoms with Gasteiger partial charge in [0.2, 0.25) is 0 Å². The van der Waals surface area contributed by atoms with Crippen LogP contribution in [0.1, 0.15) is 6.92 Å². The zero-order valence-corrected chi connectivity index (χ0v) is 9.99. The highest BCUT2D eigenvalue weighted by atomic mass is 35.5. The molecule has 0 unspecified atom stereocenters. The fourth-order valence-corrected chi connectivity index (χ4v) is 1.26. The van der Waals surface area contributed by atoms with Crippen molar-refractivity contribution in [1.82, 2.24) is 0 Å². The van der Waals surface area contributed by atoms with E-state index in [0.29, 0.717) is 15.7 Å². The van der Waals surface area contributed by atoms with Crippen LogP contribution < -0.4 is 5.43 Å². The van der Waals surface area contributed by atoms with Crippen molar-refractivity contribution >= 4 is 51.4 Å². The Bertz CT molecular complexity index is 418. The van der Waals surface area contributed by atoms with E-state index in [0.717, 1.165) is 0 Å². The first-order valence-corrected chi connectivity index (χ1v) is 5.09. The van der Waals surface area contributed by atoms with Crippen LogP contribution >= 0.6 is 34.8 Å². The number of benzene rings is 1. The average Bonchev–Trinajstić information content (AvgIpc) is 2.15. The molecule has 1 aromatic rings. The minimum atomic E-state index is -0.325. The Morgan fingerprint density at radius 2 is 2.07 bits per heavy atom. The maximum absolute atomic E-state index is 10.7. The van der Waals surface area contributed by atoms with Gasteiger partial charge in [-0.2, -0.15) is 5.10 Å². The molecule has 0 atom stereocenters. The molecule has 80 valence electrons. The molecule has 0 heterocycles. The van der Waals surface area contributed by atoms with Gasteiger partial charge in [0.05, 0.1) is 10.7 Å². The maximum atomic E-state index is 10.7. The first kappa shape index (κ1) is 12.3. The number of Topliss-reactive ketones (excluding diaryl/α,β-unsaturated/α-hetero) is 1. The third-order valence-corrected chi connectivity index (χ3v) is 2.39. The lowest BCUT2D eigenvalue weighted by Crippen LogP contribution is -2.04. The topological polar surface area (TPSA) is 41.5 Å². The summed E-state index contributed by atoms with van der Waals surface area (Å²) in [5.74, 6) is -0.325. The number of anilines is 1. The lowest BCUT2D eigenvalue weighted by atomic mass is 10.3. The van der Waals surface area contributed by atoms with E-state index in [-0.39, 0.29) is 11.0 Å². The van der Waals surface area contributed by atoms with E-state index in [1.165, 1.54) is 6.92 Å². The fourth-order valence-electron chi connectivity index (χ4n) is 0.768. The molecule has 1 aromatic carbocycles. The van der Waals surface area contributed by atoms with Crippen LogP contribution in [0.5, 0.6) is 0 Å². The van der Waals surface area contributed by atoms with Crippen molar-refractivity contribution in [2.24, 2.45) is 5.10 Å². The summed E-state index contributed by atoms with van der Waals surface area (Å²) in [6.07, 6.45) is 0. The minimum Gasteiger partial charge on any atom is -0.292 e. The van der Waals surface area contributed by atoms with Crippen LogP contribution in [0.25, 0.3) is 0 Å². The number of carbonyl (C=O) groups excluding carboxylic acids is 1. The highest BCUT2D eigenvalue weighted by Crippen LogP contribution is 2.25. The summed E-state index contributed by atoms with van der Waals surface area (Å²) >= 11 is 17.1. The Balaban J connectivity index is 2.82. The van der Waals surface area contributed by atoms with Crippen molar-refractivity contribution in [2.75, 3.05) is 5.43 Å². The lowest BCUT2D eigenvalue weighted by molar-refractivity contribution is -0.110. The number of ketones is 1. The summed E-state index contributed by atoms with van der Waals surface area (Å²) in [4.78, 5) is 10.7. The first-order chi connectivity index (χ1) is 7.00. The molecule has 15 heavy (non-hydrogen) atoms. The second-order valence-corrected chi connectivity index (χ2v) is 3.90. The number of halogens is 3. The fraction of sp³-hybridized carbons (Fsp3) is 0.111. The number of hydrazone groups is 1. The van der Waals surface area contributed by atoms with Gasteiger partial charge in [0.15, 0.2) is 11.0 Å². The van der Waals surface area contributed by atoms with Gasteiger partial charge in [-0.05, 0) is 18.2 Å². The van der Waals surface area contributed by atoms with Gasteiger partial charge in [-0.3, -0.25) is 10.2 Å². The third kappa shape index (κ3) is 3.70. The van der Waals surface area contributed by atoms with Crippen molar-refractivity contribution in [3.63, 3.8) is 0 Å². The van der Waals surface area contributed by atoms with Crippen molar-refractivity contribution in [3.05, 3.63) is 28.2 Å². The molecule has 0 saturated carbocycles. The Kier molecular flexibility index (Phi) is 4.39. The minimum absolute atomic E-state index is 0.138. The number of hydrogen-bond donors (Lipinski definition) is 1. The first-order valence-electron chi connectivity index (χ1n) is 3.96. The standard InChI is InChI=1S/C9H7Cl3N2O/c1-5(15)9(12)14-13-8-3-2-6(10)4-7(8)11/h2-4,13H,1H3/b14-9-. The molecule has 6 heteroatoms. The van der Waals surface area contributed by atoms with Crippen LogP contribution in [0.4, 0.5) is 5.69 Å². The maximum Gasteiger partial charge on any atom is 0.191 e. The average molecular weight is 266 g/mol. The molecule has 0 spiro atoms. The molecule has 1 rings (SSSR count). The summed E-state index contributed by atoms with van der Waals surface area (Å²) in [7, 11) is 0. The van der Waals surface area contributed by atoms with E-state index in [1.807, 2.05) is 0 Å². The molecule has 0 aliphatic carbocycles. The zero-order chi connectivity index (χ0) is 11.4. The van der Waals surface area contributed by atoms with Gasteiger partial charge in [-0.1, -0.05) is 34.8 Å². The highest BCUT2D eigenvalue weighted by Gasteiger charge is 2.02. The third-order valence-electron chi connectivity index (χ3n) is 1.50. The number of nitrogens with one attached hydrogen (secondary N) is 1. The van der Waals surface area contributed by atoms with E-state index in [2.05, 4.69) is 10.5 Å². The van der Waals surface area contributed by atoms with Crippen molar-refractivity contribution in [1.29, 1.82) is 0 Å². The Morgan fingerprint density at radius 3 is 2.60 bits per heavy atom. The monoisotopic (exact) mass is 264 g/mol. The normalized spacial score (nSPS) is 11.3. The van der Waals surface area contributed by atoms with E-state index < -0.39 is 0 Å². The molecule has 1 N–H and O–H groups in total. The molecule has 0 amide bonds. The Hall–Kier alpha value is -0.770.